The highest BCUT2D eigenvalue weighted by Crippen LogP contribution is 2.16. The summed E-state index contributed by atoms with van der Waals surface area (Å²) in [5, 5.41) is -0.420. The average molecular weight is 181 g/mol. The van der Waals surface area contributed by atoms with E-state index >= 15 is 0 Å². The third kappa shape index (κ3) is 1.56. The summed E-state index contributed by atoms with van der Waals surface area (Å²) in [6.45, 7) is 5.49. The van der Waals surface area contributed by atoms with E-state index in [0.717, 1.165) is 11.1 Å². The summed E-state index contributed by atoms with van der Waals surface area (Å²) >= 11 is 5.36. The molecule has 0 unspecified atom stereocenters. The molecule has 0 aromatic heterocycles. The molecule has 62 valence electrons. The Bertz CT molecular complexity index is 329. The number of carbonyl (C=O) groups excluding carboxylic acids is 1. The predicted octanol–water partition coefficient (Wildman–Crippen LogP) is 3.02. The predicted molar refractivity (Wildman–Crippen MR) is 51.5 cm³/mol. The van der Waals surface area contributed by atoms with Gasteiger partial charge in [-0.1, -0.05) is 24.8 Å². The third-order valence-electron chi connectivity index (χ3n) is 1.81. The van der Waals surface area contributed by atoms with Crippen LogP contribution in [-0.4, -0.2) is 5.24 Å². The summed E-state index contributed by atoms with van der Waals surface area (Å²) in [6, 6.07) is 5.39. The molecular formula is C10H9ClO. The standard InChI is InChI=1S/C10H9ClO/c1-3-8-5-4-6-9(7(8)2)10(11)12/h3-6H,1H2,2H3. The van der Waals surface area contributed by atoms with Crippen molar-refractivity contribution in [2.24, 2.45) is 0 Å². The van der Waals surface area contributed by atoms with Crippen molar-refractivity contribution < 1.29 is 4.79 Å². The maximum absolute atomic E-state index is 10.9. The van der Waals surface area contributed by atoms with E-state index in [-0.39, 0.29) is 0 Å². The molecule has 1 aromatic carbocycles. The molecule has 0 spiro atoms. The van der Waals surface area contributed by atoms with Gasteiger partial charge in [0.2, 0.25) is 0 Å². The highest BCUT2D eigenvalue weighted by molar-refractivity contribution is 6.67. The summed E-state index contributed by atoms with van der Waals surface area (Å²) in [6.07, 6.45) is 1.71. The van der Waals surface area contributed by atoms with Gasteiger partial charge < -0.3 is 0 Å². The molecule has 12 heavy (non-hydrogen) atoms. The lowest BCUT2D eigenvalue weighted by atomic mass is 10.0. The maximum Gasteiger partial charge on any atom is 0.252 e. The lowest BCUT2D eigenvalue weighted by Crippen LogP contribution is -1.94. The Hall–Kier alpha value is -1.08. The average Bonchev–Trinajstić information content (AvgIpc) is 2.04. The molecule has 1 nitrogen and oxygen atoms in total. The zero-order valence-electron chi connectivity index (χ0n) is 6.80. The number of hydrogen-bond donors (Lipinski definition) is 0. The molecule has 0 aliphatic rings. The second-order valence-electron chi connectivity index (χ2n) is 2.50. The number of hydrogen-bond acceptors (Lipinski definition) is 1. The van der Waals surface area contributed by atoms with Gasteiger partial charge in [0.05, 0.1) is 0 Å². The van der Waals surface area contributed by atoms with Crippen LogP contribution in [0.15, 0.2) is 24.8 Å². The van der Waals surface area contributed by atoms with E-state index in [1.165, 1.54) is 0 Å². The third-order valence-corrected chi connectivity index (χ3v) is 2.01. The van der Waals surface area contributed by atoms with Crippen molar-refractivity contribution >= 4 is 22.9 Å². The molecular weight excluding hydrogens is 172 g/mol. The van der Waals surface area contributed by atoms with Crippen LogP contribution in [0.4, 0.5) is 0 Å². The molecule has 0 amide bonds. The Morgan fingerprint density at radius 1 is 1.58 bits per heavy atom. The van der Waals surface area contributed by atoms with E-state index < -0.39 is 5.24 Å². The van der Waals surface area contributed by atoms with Gasteiger partial charge in [-0.2, -0.15) is 0 Å². The minimum atomic E-state index is -0.420. The van der Waals surface area contributed by atoms with Gasteiger partial charge in [0, 0.05) is 5.56 Å². The van der Waals surface area contributed by atoms with Gasteiger partial charge in [0.1, 0.15) is 0 Å². The lowest BCUT2D eigenvalue weighted by molar-refractivity contribution is 0.108. The highest BCUT2D eigenvalue weighted by atomic mass is 35.5. The Labute approximate surface area is 76.7 Å². The molecule has 0 saturated carbocycles. The fourth-order valence-electron chi connectivity index (χ4n) is 1.09. The first-order chi connectivity index (χ1) is 5.66. The number of rotatable bonds is 2. The first kappa shape index (κ1) is 9.01. The molecule has 0 aliphatic heterocycles. The van der Waals surface area contributed by atoms with Gasteiger partial charge in [-0.3, -0.25) is 4.79 Å². The van der Waals surface area contributed by atoms with Crippen LogP contribution in [-0.2, 0) is 0 Å². The summed E-state index contributed by atoms with van der Waals surface area (Å²) in [7, 11) is 0. The monoisotopic (exact) mass is 180 g/mol. The molecule has 0 heterocycles. The first-order valence-corrected chi connectivity index (χ1v) is 3.96. The largest absolute Gasteiger partial charge is 0.276 e. The van der Waals surface area contributed by atoms with Crippen molar-refractivity contribution in [3.63, 3.8) is 0 Å². The van der Waals surface area contributed by atoms with Crippen molar-refractivity contribution in [2.45, 2.75) is 6.92 Å². The molecule has 0 saturated heterocycles. The second kappa shape index (κ2) is 3.55. The highest BCUT2D eigenvalue weighted by Gasteiger charge is 2.06. The number of halogens is 1. The summed E-state index contributed by atoms with van der Waals surface area (Å²) in [4.78, 5) is 10.9. The summed E-state index contributed by atoms with van der Waals surface area (Å²) in [5.41, 5.74) is 2.38. The van der Waals surface area contributed by atoms with E-state index in [1.807, 2.05) is 13.0 Å². The van der Waals surface area contributed by atoms with Crippen LogP contribution >= 0.6 is 11.6 Å². The van der Waals surface area contributed by atoms with E-state index in [1.54, 1.807) is 18.2 Å². The van der Waals surface area contributed by atoms with Crippen molar-refractivity contribution in [2.75, 3.05) is 0 Å². The Kier molecular flexibility index (Phi) is 2.66. The van der Waals surface area contributed by atoms with Crippen LogP contribution in [0.3, 0.4) is 0 Å². The molecule has 0 N–H and O–H groups in total. The van der Waals surface area contributed by atoms with Crippen LogP contribution in [0.25, 0.3) is 6.08 Å². The smallest absolute Gasteiger partial charge is 0.252 e. The van der Waals surface area contributed by atoms with Crippen LogP contribution < -0.4 is 0 Å². The van der Waals surface area contributed by atoms with Crippen LogP contribution in [0, 0.1) is 6.92 Å². The SMILES string of the molecule is C=Cc1cccc(C(=O)Cl)c1C. The molecule has 2 heteroatoms. The van der Waals surface area contributed by atoms with Crippen LogP contribution in [0.5, 0.6) is 0 Å². The van der Waals surface area contributed by atoms with Gasteiger partial charge in [0.25, 0.3) is 5.24 Å². The van der Waals surface area contributed by atoms with Gasteiger partial charge >= 0.3 is 0 Å². The minimum Gasteiger partial charge on any atom is -0.276 e. The quantitative estimate of drug-likeness (QED) is 0.640. The zero-order valence-corrected chi connectivity index (χ0v) is 7.56. The van der Waals surface area contributed by atoms with Crippen molar-refractivity contribution in [1.29, 1.82) is 0 Å². The van der Waals surface area contributed by atoms with Crippen LogP contribution in [0.1, 0.15) is 21.5 Å². The van der Waals surface area contributed by atoms with E-state index in [4.69, 9.17) is 11.6 Å². The molecule has 0 atom stereocenters. The fraction of sp³-hybridized carbons (Fsp3) is 0.100. The Morgan fingerprint density at radius 2 is 2.25 bits per heavy atom. The molecule has 1 rings (SSSR count). The van der Waals surface area contributed by atoms with Gasteiger partial charge in [0.15, 0.2) is 0 Å². The van der Waals surface area contributed by atoms with Gasteiger partial charge in [-0.25, -0.2) is 0 Å². The minimum absolute atomic E-state index is 0.420. The topological polar surface area (TPSA) is 17.1 Å². The molecule has 0 bridgehead atoms. The van der Waals surface area contributed by atoms with Crippen molar-refractivity contribution in [3.8, 4) is 0 Å². The number of carbonyl (C=O) groups is 1. The fourth-order valence-corrected chi connectivity index (χ4v) is 1.29. The Morgan fingerprint density at radius 3 is 2.75 bits per heavy atom. The van der Waals surface area contributed by atoms with Gasteiger partial charge in [-0.15, -0.1) is 0 Å². The summed E-state index contributed by atoms with van der Waals surface area (Å²) < 4.78 is 0. The molecule has 0 radical (unpaired) electrons. The second-order valence-corrected chi connectivity index (χ2v) is 2.84. The number of benzene rings is 1. The van der Waals surface area contributed by atoms with Gasteiger partial charge in [-0.05, 0) is 35.7 Å². The van der Waals surface area contributed by atoms with E-state index in [0.29, 0.717) is 5.56 Å². The normalized spacial score (nSPS) is 9.50. The van der Waals surface area contributed by atoms with Crippen LogP contribution in [0.2, 0.25) is 0 Å². The Balaban J connectivity index is 3.32. The van der Waals surface area contributed by atoms with Crippen molar-refractivity contribution in [3.05, 3.63) is 41.5 Å². The van der Waals surface area contributed by atoms with E-state index in [9.17, 15) is 4.79 Å². The molecule has 1 aromatic rings. The zero-order chi connectivity index (χ0) is 9.14. The molecule has 0 aliphatic carbocycles. The van der Waals surface area contributed by atoms with E-state index in [2.05, 4.69) is 6.58 Å². The molecule has 0 fully saturated rings. The van der Waals surface area contributed by atoms with Crippen molar-refractivity contribution in [1.82, 2.24) is 0 Å². The summed E-state index contributed by atoms with van der Waals surface area (Å²) in [5.74, 6) is 0. The lowest BCUT2D eigenvalue weighted by Gasteiger charge is -2.03. The maximum atomic E-state index is 10.9. The first-order valence-electron chi connectivity index (χ1n) is 3.58.